The molecule has 0 aliphatic carbocycles. The molecule has 0 bridgehead atoms. The molecule has 0 radical (unpaired) electrons. The van der Waals surface area contributed by atoms with E-state index in [-0.39, 0.29) is 41.7 Å². The van der Waals surface area contributed by atoms with Gasteiger partial charge in [0.15, 0.2) is 11.5 Å². The van der Waals surface area contributed by atoms with Gasteiger partial charge in [0.2, 0.25) is 0 Å². The summed E-state index contributed by atoms with van der Waals surface area (Å²) in [6.07, 6.45) is 0.270. The van der Waals surface area contributed by atoms with Crippen molar-refractivity contribution in [3.05, 3.63) is 47.5 Å². The standard InChI is InChI=1S/C17H19NO4S.Na/c1-12-4-6-16-14(10-12)18(8-3-9-23(19,20)21)15-11-13(2)5-7-17(15)22-16;/h4-7,10-11H,3,8-9H2,1-2H3,(H,19,20,21);/q;+1/p-1. The van der Waals surface area contributed by atoms with E-state index in [1.807, 2.05) is 55.1 Å². The molecule has 0 spiro atoms. The summed E-state index contributed by atoms with van der Waals surface area (Å²) in [7, 11) is -4.20. The number of rotatable bonds is 4. The van der Waals surface area contributed by atoms with Crippen molar-refractivity contribution in [2.24, 2.45) is 0 Å². The van der Waals surface area contributed by atoms with Gasteiger partial charge in [0.25, 0.3) is 0 Å². The second-order valence-electron chi connectivity index (χ2n) is 5.81. The predicted molar refractivity (Wildman–Crippen MR) is 88.6 cm³/mol. The smallest absolute Gasteiger partial charge is 0.748 e. The molecule has 2 aromatic rings. The van der Waals surface area contributed by atoms with Crippen LogP contribution in [0.4, 0.5) is 11.4 Å². The number of ether oxygens (including phenoxy) is 1. The van der Waals surface area contributed by atoms with Gasteiger partial charge in [0.1, 0.15) is 0 Å². The van der Waals surface area contributed by atoms with Crippen molar-refractivity contribution in [1.82, 2.24) is 0 Å². The fourth-order valence-corrected chi connectivity index (χ4v) is 3.22. The Balaban J connectivity index is 0.00000208. The Morgan fingerprint density at radius 1 is 1.00 bits per heavy atom. The van der Waals surface area contributed by atoms with Crippen molar-refractivity contribution in [2.75, 3.05) is 17.2 Å². The van der Waals surface area contributed by atoms with Gasteiger partial charge in [-0.25, -0.2) is 8.42 Å². The molecule has 0 amide bonds. The van der Waals surface area contributed by atoms with Gasteiger partial charge in [-0.3, -0.25) is 0 Å². The van der Waals surface area contributed by atoms with Gasteiger partial charge >= 0.3 is 29.6 Å². The van der Waals surface area contributed by atoms with E-state index < -0.39 is 10.1 Å². The van der Waals surface area contributed by atoms with Crippen LogP contribution in [0, 0.1) is 13.8 Å². The third-order valence-electron chi connectivity index (χ3n) is 3.81. The molecular formula is C17H18NNaO4S. The second kappa shape index (κ2) is 7.45. The third kappa shape index (κ3) is 4.32. The second-order valence-corrected chi connectivity index (χ2v) is 7.34. The normalized spacial score (nSPS) is 12.7. The van der Waals surface area contributed by atoms with Crippen LogP contribution in [0.15, 0.2) is 36.4 Å². The minimum absolute atomic E-state index is 0. The first-order valence-electron chi connectivity index (χ1n) is 7.44. The zero-order valence-electron chi connectivity index (χ0n) is 14.1. The Morgan fingerprint density at radius 3 is 1.96 bits per heavy atom. The van der Waals surface area contributed by atoms with Gasteiger partial charge in [-0.05, 0) is 55.7 Å². The van der Waals surface area contributed by atoms with Crippen LogP contribution in [0.2, 0.25) is 0 Å². The summed E-state index contributed by atoms with van der Waals surface area (Å²) in [5.74, 6) is 1.10. The molecular weight excluding hydrogens is 337 g/mol. The Labute approximate surface area is 164 Å². The van der Waals surface area contributed by atoms with E-state index in [2.05, 4.69) is 0 Å². The first-order valence-corrected chi connectivity index (χ1v) is 9.01. The van der Waals surface area contributed by atoms with Gasteiger partial charge in [-0.15, -0.1) is 0 Å². The van der Waals surface area contributed by atoms with Crippen molar-refractivity contribution in [2.45, 2.75) is 20.3 Å². The fourth-order valence-electron chi connectivity index (χ4n) is 2.74. The van der Waals surface area contributed by atoms with E-state index in [9.17, 15) is 13.0 Å². The van der Waals surface area contributed by atoms with Crippen molar-refractivity contribution in [3.8, 4) is 11.5 Å². The maximum atomic E-state index is 10.9. The molecule has 122 valence electrons. The maximum absolute atomic E-state index is 10.9. The van der Waals surface area contributed by atoms with Crippen molar-refractivity contribution >= 4 is 21.5 Å². The molecule has 0 atom stereocenters. The number of hydrogen-bond acceptors (Lipinski definition) is 5. The molecule has 0 N–H and O–H groups in total. The monoisotopic (exact) mass is 355 g/mol. The third-order valence-corrected chi connectivity index (χ3v) is 4.60. The minimum atomic E-state index is -4.20. The van der Waals surface area contributed by atoms with Gasteiger partial charge in [-0.2, -0.15) is 0 Å². The van der Waals surface area contributed by atoms with E-state index in [0.29, 0.717) is 6.54 Å². The predicted octanol–water partition coefficient (Wildman–Crippen LogP) is 0.487. The fraction of sp³-hybridized carbons (Fsp3) is 0.294. The topological polar surface area (TPSA) is 69.7 Å². The van der Waals surface area contributed by atoms with E-state index in [0.717, 1.165) is 34.0 Å². The van der Waals surface area contributed by atoms with Crippen LogP contribution in [0.3, 0.4) is 0 Å². The molecule has 2 aromatic carbocycles. The van der Waals surface area contributed by atoms with E-state index in [1.165, 1.54) is 0 Å². The van der Waals surface area contributed by atoms with Gasteiger partial charge < -0.3 is 14.2 Å². The van der Waals surface area contributed by atoms with Gasteiger partial charge in [-0.1, -0.05) is 12.1 Å². The number of hydrogen-bond donors (Lipinski definition) is 0. The number of anilines is 2. The largest absolute Gasteiger partial charge is 1.00 e. The quantitative estimate of drug-likeness (QED) is 0.590. The molecule has 0 saturated heterocycles. The molecule has 0 fully saturated rings. The van der Waals surface area contributed by atoms with Crippen LogP contribution in [0.25, 0.3) is 0 Å². The van der Waals surface area contributed by atoms with Crippen LogP contribution in [0.5, 0.6) is 11.5 Å². The summed E-state index contributed by atoms with van der Waals surface area (Å²) in [4.78, 5) is 2.03. The molecule has 7 heteroatoms. The van der Waals surface area contributed by atoms with Crippen LogP contribution in [-0.2, 0) is 10.1 Å². The molecule has 5 nitrogen and oxygen atoms in total. The van der Waals surface area contributed by atoms with E-state index in [1.54, 1.807) is 0 Å². The Kier molecular flexibility index (Phi) is 5.99. The van der Waals surface area contributed by atoms with Gasteiger partial charge in [0, 0.05) is 12.3 Å². The van der Waals surface area contributed by atoms with Crippen molar-refractivity contribution in [1.29, 1.82) is 0 Å². The molecule has 3 rings (SSSR count). The molecule has 1 heterocycles. The average molecular weight is 355 g/mol. The first kappa shape index (κ1) is 19.3. The molecule has 1 aliphatic rings. The van der Waals surface area contributed by atoms with E-state index >= 15 is 0 Å². The van der Waals surface area contributed by atoms with Crippen molar-refractivity contribution < 1.29 is 47.3 Å². The van der Waals surface area contributed by atoms with Crippen molar-refractivity contribution in [3.63, 3.8) is 0 Å². The summed E-state index contributed by atoms with van der Waals surface area (Å²) >= 11 is 0. The number of nitrogens with zero attached hydrogens (tertiary/aromatic N) is 1. The van der Waals surface area contributed by atoms with Gasteiger partial charge in [0.05, 0.1) is 21.5 Å². The number of aryl methyl sites for hydroxylation is 2. The van der Waals surface area contributed by atoms with Crippen LogP contribution in [0.1, 0.15) is 17.5 Å². The summed E-state index contributed by atoms with van der Waals surface area (Å²) in [6.45, 7) is 4.43. The molecule has 1 aliphatic heterocycles. The Bertz CT molecular complexity index is 800. The molecule has 0 unspecified atom stereocenters. The maximum Gasteiger partial charge on any atom is 1.00 e. The zero-order chi connectivity index (χ0) is 16.6. The molecule has 0 saturated carbocycles. The zero-order valence-corrected chi connectivity index (χ0v) is 16.9. The summed E-state index contributed by atoms with van der Waals surface area (Å²) in [5, 5.41) is 0. The van der Waals surface area contributed by atoms with Crippen LogP contribution in [-0.4, -0.2) is 25.3 Å². The van der Waals surface area contributed by atoms with E-state index in [4.69, 9.17) is 4.74 Å². The Hall–Kier alpha value is -1.05. The summed E-state index contributed by atoms with van der Waals surface area (Å²) in [6, 6.07) is 11.8. The first-order chi connectivity index (χ1) is 10.8. The average Bonchev–Trinajstić information content (AvgIpc) is 2.46. The Morgan fingerprint density at radius 2 is 1.50 bits per heavy atom. The van der Waals surface area contributed by atoms with Crippen LogP contribution < -0.4 is 39.2 Å². The molecule has 0 aromatic heterocycles. The van der Waals surface area contributed by atoms with Crippen LogP contribution >= 0.6 is 0 Å². The SMILES string of the molecule is Cc1ccc2c(c1)N(CCCS(=O)(=O)[O-])c1cc(C)ccc1O2.[Na+]. The minimum Gasteiger partial charge on any atom is -0.748 e. The molecule has 24 heavy (non-hydrogen) atoms. The number of benzene rings is 2. The number of fused-ring (bicyclic) bond motifs is 2. The summed E-state index contributed by atoms with van der Waals surface area (Å²) in [5.41, 5.74) is 3.97. The summed E-state index contributed by atoms with van der Waals surface area (Å²) < 4.78 is 38.6.